The second kappa shape index (κ2) is 4.60. The summed E-state index contributed by atoms with van der Waals surface area (Å²) in [7, 11) is 0. The van der Waals surface area contributed by atoms with Crippen LogP contribution in [0.1, 0.15) is 26.3 Å². The molecule has 0 aliphatic heterocycles. The second-order valence-corrected chi connectivity index (χ2v) is 7.09. The fourth-order valence-electron chi connectivity index (χ4n) is 2.35. The van der Waals surface area contributed by atoms with Crippen molar-refractivity contribution in [1.29, 1.82) is 0 Å². The number of nitrogens with two attached hydrogens (primary N) is 1. The van der Waals surface area contributed by atoms with Crippen molar-refractivity contribution in [3.63, 3.8) is 0 Å². The van der Waals surface area contributed by atoms with Gasteiger partial charge in [0.15, 0.2) is 5.13 Å². The Balaban J connectivity index is 2.11. The van der Waals surface area contributed by atoms with Crippen LogP contribution >= 0.6 is 11.3 Å². The number of hydrogen-bond acceptors (Lipinski definition) is 3. The highest BCUT2D eigenvalue weighted by Crippen LogP contribution is 2.33. The first-order valence-corrected chi connectivity index (χ1v) is 7.53. The minimum absolute atomic E-state index is 0.176. The molecule has 0 aliphatic carbocycles. The minimum atomic E-state index is 0.176. The normalized spacial score (nSPS) is 11.9. The summed E-state index contributed by atoms with van der Waals surface area (Å²) < 4.78 is 1.14. The Morgan fingerprint density at radius 3 is 2.35 bits per heavy atom. The van der Waals surface area contributed by atoms with Gasteiger partial charge in [0.05, 0.1) is 10.2 Å². The van der Waals surface area contributed by atoms with Gasteiger partial charge in [0.25, 0.3) is 0 Å². The van der Waals surface area contributed by atoms with E-state index in [1.165, 1.54) is 22.5 Å². The van der Waals surface area contributed by atoms with E-state index in [0.717, 1.165) is 15.8 Å². The van der Waals surface area contributed by atoms with Crippen molar-refractivity contribution in [3.8, 4) is 11.1 Å². The van der Waals surface area contributed by atoms with Crippen LogP contribution in [-0.4, -0.2) is 4.98 Å². The van der Waals surface area contributed by atoms with Gasteiger partial charge >= 0.3 is 0 Å². The van der Waals surface area contributed by atoms with Crippen LogP contribution in [-0.2, 0) is 5.41 Å². The zero-order chi connectivity index (χ0) is 14.3. The third-order valence-electron chi connectivity index (χ3n) is 3.50. The summed E-state index contributed by atoms with van der Waals surface area (Å²) in [6.07, 6.45) is 0. The maximum Gasteiger partial charge on any atom is 0.181 e. The Morgan fingerprint density at radius 1 is 1.00 bits per heavy atom. The first kappa shape index (κ1) is 13.1. The molecule has 0 radical (unpaired) electrons. The number of anilines is 1. The molecule has 1 heterocycles. The predicted molar refractivity (Wildman–Crippen MR) is 88.2 cm³/mol. The van der Waals surface area contributed by atoms with Crippen molar-refractivity contribution in [2.75, 3.05) is 5.73 Å². The van der Waals surface area contributed by atoms with Crippen LogP contribution < -0.4 is 5.73 Å². The van der Waals surface area contributed by atoms with E-state index in [1.807, 2.05) is 0 Å². The summed E-state index contributed by atoms with van der Waals surface area (Å²) in [5.74, 6) is 0. The van der Waals surface area contributed by atoms with Gasteiger partial charge in [-0.1, -0.05) is 68.5 Å². The maximum absolute atomic E-state index is 5.83. The van der Waals surface area contributed by atoms with Gasteiger partial charge in [0.1, 0.15) is 0 Å². The van der Waals surface area contributed by atoms with Crippen LogP contribution in [0.15, 0.2) is 42.5 Å². The lowest BCUT2D eigenvalue weighted by Crippen LogP contribution is -2.10. The van der Waals surface area contributed by atoms with Gasteiger partial charge in [-0.15, -0.1) is 0 Å². The molecular formula is C17H18N2S. The van der Waals surface area contributed by atoms with Crippen molar-refractivity contribution in [1.82, 2.24) is 4.98 Å². The number of nitrogen functional groups attached to an aromatic ring is 1. The van der Waals surface area contributed by atoms with Gasteiger partial charge in [0.2, 0.25) is 0 Å². The zero-order valence-electron chi connectivity index (χ0n) is 12.0. The zero-order valence-corrected chi connectivity index (χ0v) is 12.8. The van der Waals surface area contributed by atoms with Crippen LogP contribution in [0.3, 0.4) is 0 Å². The summed E-state index contributed by atoms with van der Waals surface area (Å²) in [6.45, 7) is 6.68. The fraction of sp³-hybridized carbons (Fsp3) is 0.235. The lowest BCUT2D eigenvalue weighted by Gasteiger charge is -2.19. The summed E-state index contributed by atoms with van der Waals surface area (Å²) in [4.78, 5) is 4.46. The molecule has 2 aromatic carbocycles. The molecule has 0 saturated carbocycles. The summed E-state index contributed by atoms with van der Waals surface area (Å²) in [6, 6.07) is 15.0. The van der Waals surface area contributed by atoms with Gasteiger partial charge in [-0.25, -0.2) is 4.98 Å². The van der Waals surface area contributed by atoms with Crippen molar-refractivity contribution in [3.05, 3.63) is 48.0 Å². The van der Waals surface area contributed by atoms with Crippen LogP contribution in [0.5, 0.6) is 0 Å². The first-order chi connectivity index (χ1) is 9.45. The Bertz CT molecular complexity index is 749. The average Bonchev–Trinajstić information content (AvgIpc) is 2.78. The predicted octanol–water partition coefficient (Wildman–Crippen LogP) is 4.84. The van der Waals surface area contributed by atoms with E-state index < -0.39 is 0 Å². The average molecular weight is 282 g/mol. The SMILES string of the molecule is CC(C)(C)c1ccc(-c2cccc3sc(N)nc23)cc1. The largest absolute Gasteiger partial charge is 0.375 e. The minimum Gasteiger partial charge on any atom is -0.375 e. The number of para-hydroxylation sites is 1. The molecule has 2 N–H and O–H groups in total. The lowest BCUT2D eigenvalue weighted by atomic mass is 9.86. The Kier molecular flexibility index (Phi) is 3.02. The summed E-state index contributed by atoms with van der Waals surface area (Å²) >= 11 is 1.54. The molecule has 1 aromatic heterocycles. The van der Waals surface area contributed by atoms with E-state index in [4.69, 9.17) is 5.73 Å². The number of rotatable bonds is 1. The highest BCUT2D eigenvalue weighted by Gasteiger charge is 2.14. The fourth-order valence-corrected chi connectivity index (χ4v) is 3.11. The number of thiazole rings is 1. The van der Waals surface area contributed by atoms with Crippen molar-refractivity contribution >= 4 is 26.7 Å². The van der Waals surface area contributed by atoms with Crippen molar-refractivity contribution in [2.24, 2.45) is 0 Å². The first-order valence-electron chi connectivity index (χ1n) is 6.71. The lowest BCUT2D eigenvalue weighted by molar-refractivity contribution is 0.590. The van der Waals surface area contributed by atoms with Gasteiger partial charge in [-0.05, 0) is 22.6 Å². The molecule has 0 bridgehead atoms. The van der Waals surface area contributed by atoms with Crippen LogP contribution in [0.25, 0.3) is 21.3 Å². The number of benzene rings is 2. The number of aromatic nitrogens is 1. The molecule has 0 fully saturated rings. The molecule has 0 saturated heterocycles. The van der Waals surface area contributed by atoms with Gasteiger partial charge < -0.3 is 5.73 Å². The van der Waals surface area contributed by atoms with Crippen molar-refractivity contribution < 1.29 is 0 Å². The Hall–Kier alpha value is -1.87. The van der Waals surface area contributed by atoms with E-state index in [2.05, 4.69) is 68.2 Å². The van der Waals surface area contributed by atoms with Crippen molar-refractivity contribution in [2.45, 2.75) is 26.2 Å². The van der Waals surface area contributed by atoms with Crippen LogP contribution in [0.4, 0.5) is 5.13 Å². The summed E-state index contributed by atoms with van der Waals surface area (Å²) in [5.41, 5.74) is 10.7. The third kappa shape index (κ3) is 2.29. The molecule has 0 aliphatic rings. The molecule has 0 unspecified atom stereocenters. The quantitative estimate of drug-likeness (QED) is 0.693. The molecule has 0 spiro atoms. The highest BCUT2D eigenvalue weighted by atomic mass is 32.1. The van der Waals surface area contributed by atoms with Gasteiger partial charge in [-0.2, -0.15) is 0 Å². The topological polar surface area (TPSA) is 38.9 Å². The van der Waals surface area contributed by atoms with E-state index >= 15 is 0 Å². The highest BCUT2D eigenvalue weighted by molar-refractivity contribution is 7.22. The molecule has 3 rings (SSSR count). The Morgan fingerprint density at radius 2 is 1.70 bits per heavy atom. The van der Waals surface area contributed by atoms with Crippen LogP contribution in [0, 0.1) is 0 Å². The number of fused-ring (bicyclic) bond motifs is 1. The maximum atomic E-state index is 5.83. The monoisotopic (exact) mass is 282 g/mol. The molecule has 3 heteroatoms. The van der Waals surface area contributed by atoms with E-state index in [0.29, 0.717) is 5.13 Å². The molecule has 0 atom stereocenters. The third-order valence-corrected chi connectivity index (χ3v) is 4.35. The van der Waals surface area contributed by atoms with E-state index in [1.54, 1.807) is 0 Å². The second-order valence-electron chi connectivity index (χ2n) is 6.03. The van der Waals surface area contributed by atoms with Gasteiger partial charge in [-0.3, -0.25) is 0 Å². The molecule has 0 amide bonds. The number of nitrogens with zero attached hydrogens (tertiary/aromatic N) is 1. The standard InChI is InChI=1S/C17H18N2S/c1-17(2,3)12-9-7-11(8-10-12)13-5-4-6-14-15(13)19-16(18)20-14/h4-10H,1-3H3,(H2,18,19). The molecule has 2 nitrogen and oxygen atoms in total. The molecule has 20 heavy (non-hydrogen) atoms. The van der Waals surface area contributed by atoms with E-state index in [-0.39, 0.29) is 5.41 Å². The van der Waals surface area contributed by atoms with Crippen LogP contribution in [0.2, 0.25) is 0 Å². The molecular weight excluding hydrogens is 264 g/mol. The number of hydrogen-bond donors (Lipinski definition) is 1. The van der Waals surface area contributed by atoms with E-state index in [9.17, 15) is 0 Å². The Labute approximate surface area is 123 Å². The molecule has 3 aromatic rings. The van der Waals surface area contributed by atoms with Gasteiger partial charge in [0, 0.05) is 5.56 Å². The summed E-state index contributed by atoms with van der Waals surface area (Å²) in [5, 5.41) is 0.624. The smallest absolute Gasteiger partial charge is 0.181 e. The molecule has 102 valence electrons.